The fraction of sp³-hybridized carbons (Fsp3) is 0. The summed E-state index contributed by atoms with van der Waals surface area (Å²) in [6, 6.07) is 0. The van der Waals surface area contributed by atoms with Gasteiger partial charge in [0.1, 0.15) is 0 Å². The number of nitrogens with zero attached hydrogens (tertiary/aromatic N) is 1. The second-order valence-electron chi connectivity index (χ2n) is 0.715. The maximum absolute atomic E-state index is 9.33. The summed E-state index contributed by atoms with van der Waals surface area (Å²) in [6.45, 7) is 0. The smallest absolute Gasteiger partial charge is 0.448 e. The molecule has 8 nitrogen and oxygen atoms in total. The third-order valence-electron chi connectivity index (χ3n) is 0.197. The molecule has 0 bridgehead atoms. The third kappa shape index (κ3) is 6.43. The predicted octanol–water partition coefficient (Wildman–Crippen LogP) is -0.264. The third-order valence-corrected chi connectivity index (χ3v) is 0.197. The Morgan fingerprint density at radius 1 is 1.67 bits per heavy atom. The fourth-order valence-electron chi connectivity index (χ4n) is 0.0692. The molecule has 0 rings (SSSR count). The van der Waals surface area contributed by atoms with Crippen molar-refractivity contribution < 1.29 is 29.9 Å². The van der Waals surface area contributed by atoms with Gasteiger partial charge in [0.2, 0.25) is 0 Å². The van der Waals surface area contributed by atoms with Gasteiger partial charge in [0, 0.05) is 5.04 Å². The van der Waals surface area contributed by atoms with Gasteiger partial charge in [-0.15, -0.1) is 15.1 Å². The highest BCUT2D eigenvalue weighted by atomic mass is 17.6. The van der Waals surface area contributed by atoms with Crippen molar-refractivity contribution in [2.75, 3.05) is 0 Å². The topological polar surface area (TPSA) is 108 Å². The average molecular weight is 139 g/mol. The van der Waals surface area contributed by atoms with E-state index in [1.54, 1.807) is 0 Å². The Labute approximate surface area is 47.5 Å². The van der Waals surface area contributed by atoms with Crippen molar-refractivity contribution in [1.82, 2.24) is 0 Å². The van der Waals surface area contributed by atoms with E-state index in [0.29, 0.717) is 0 Å². The molecule has 0 spiro atoms. The molecule has 52 valence electrons. The molecule has 0 saturated heterocycles. The Kier molecular flexibility index (Phi) is 2.84. The molecule has 0 aromatic rings. The second kappa shape index (κ2) is 3.43. The first-order valence-electron chi connectivity index (χ1n) is 1.51. The van der Waals surface area contributed by atoms with Crippen LogP contribution in [0, 0.1) is 10.1 Å². The highest BCUT2D eigenvalue weighted by molar-refractivity contribution is 5.55. The lowest BCUT2D eigenvalue weighted by Gasteiger charge is -1.90. The molecule has 0 aromatic carbocycles. The molecule has 0 atom stereocenters. The van der Waals surface area contributed by atoms with Crippen LogP contribution >= 0.6 is 0 Å². The summed E-state index contributed by atoms with van der Waals surface area (Å²) in [5.74, 6) is 0. The van der Waals surface area contributed by atoms with Crippen LogP contribution in [0.4, 0.5) is 4.79 Å². The van der Waals surface area contributed by atoms with Gasteiger partial charge in [0.05, 0.1) is 0 Å². The molecule has 0 fully saturated rings. The Hall–Kier alpha value is -1.57. The zero-order valence-corrected chi connectivity index (χ0v) is 3.84. The van der Waals surface area contributed by atoms with E-state index in [-0.39, 0.29) is 0 Å². The summed E-state index contributed by atoms with van der Waals surface area (Å²) in [5, 5.41) is 18.4. The molecule has 0 aromatic heterocycles. The van der Waals surface area contributed by atoms with Crippen LogP contribution < -0.4 is 0 Å². The number of hydrogen-bond donors (Lipinski definition) is 1. The number of carboxylic acid groups (broad SMARTS) is 1. The van der Waals surface area contributed by atoms with Gasteiger partial charge in [-0.05, 0) is 0 Å². The van der Waals surface area contributed by atoms with Gasteiger partial charge in [0.25, 0.3) is 0 Å². The van der Waals surface area contributed by atoms with Crippen molar-refractivity contribution in [1.29, 1.82) is 0 Å². The van der Waals surface area contributed by atoms with Crippen LogP contribution in [0.2, 0.25) is 0 Å². The lowest BCUT2D eigenvalue weighted by molar-refractivity contribution is -0.885. The molecule has 0 radical (unpaired) electrons. The van der Waals surface area contributed by atoms with Crippen molar-refractivity contribution in [2.45, 2.75) is 0 Å². The van der Waals surface area contributed by atoms with Crippen LogP contribution in [0.15, 0.2) is 0 Å². The van der Waals surface area contributed by atoms with Crippen LogP contribution in [0.1, 0.15) is 0 Å². The predicted molar refractivity (Wildman–Crippen MR) is 18.3 cm³/mol. The van der Waals surface area contributed by atoms with Crippen molar-refractivity contribution in [3.05, 3.63) is 10.1 Å². The van der Waals surface area contributed by atoms with Crippen molar-refractivity contribution in [3.63, 3.8) is 0 Å². The van der Waals surface area contributed by atoms with Crippen molar-refractivity contribution in [2.24, 2.45) is 0 Å². The molecule has 0 aliphatic rings. The van der Waals surface area contributed by atoms with Crippen LogP contribution in [0.5, 0.6) is 0 Å². The van der Waals surface area contributed by atoms with Gasteiger partial charge in [-0.2, -0.15) is 0 Å². The molecule has 0 saturated carbocycles. The van der Waals surface area contributed by atoms with E-state index in [4.69, 9.17) is 15.2 Å². The Morgan fingerprint density at radius 2 is 2.22 bits per heavy atom. The van der Waals surface area contributed by atoms with E-state index in [2.05, 4.69) is 14.9 Å². The van der Waals surface area contributed by atoms with Gasteiger partial charge < -0.3 is 5.11 Å². The first-order valence-corrected chi connectivity index (χ1v) is 1.51. The van der Waals surface area contributed by atoms with E-state index in [9.17, 15) is 4.79 Å². The van der Waals surface area contributed by atoms with Gasteiger partial charge in [-0.3, -0.25) is 0 Å². The van der Waals surface area contributed by atoms with Crippen LogP contribution in [0.25, 0.3) is 0 Å². The SMILES string of the molecule is O=C(O)OOO[N+](=O)[O-]. The highest BCUT2D eigenvalue weighted by Crippen LogP contribution is 1.80. The molecule has 0 aliphatic carbocycles. The van der Waals surface area contributed by atoms with Crippen LogP contribution in [-0.4, -0.2) is 16.3 Å². The van der Waals surface area contributed by atoms with E-state index < -0.39 is 11.2 Å². The average Bonchev–Trinajstić information content (AvgIpc) is 1.63. The fourth-order valence-corrected chi connectivity index (χ4v) is 0.0692. The van der Waals surface area contributed by atoms with Crippen LogP contribution in [-0.2, 0) is 14.9 Å². The van der Waals surface area contributed by atoms with E-state index in [0.717, 1.165) is 0 Å². The van der Waals surface area contributed by atoms with E-state index in [1.165, 1.54) is 0 Å². The summed E-state index contributed by atoms with van der Waals surface area (Å²) in [5.41, 5.74) is 0. The molecular formula is CHNO7. The lowest BCUT2D eigenvalue weighted by Crippen LogP contribution is -2.06. The number of hydrogen-bond acceptors (Lipinski definition) is 6. The molecule has 0 amide bonds. The molecule has 0 aliphatic heterocycles. The monoisotopic (exact) mass is 139 g/mol. The molecule has 8 heteroatoms. The summed E-state index contributed by atoms with van der Waals surface area (Å²) < 4.78 is 0. The molecule has 1 N–H and O–H groups in total. The highest BCUT2D eigenvalue weighted by Gasteiger charge is 2.00. The van der Waals surface area contributed by atoms with Gasteiger partial charge in [-0.25, -0.2) is 9.68 Å². The minimum absolute atomic E-state index is 1.37. The lowest BCUT2D eigenvalue weighted by atomic mass is 11.4. The number of carbonyl (C=O) groups is 1. The van der Waals surface area contributed by atoms with Gasteiger partial charge in [-0.1, -0.05) is 0 Å². The summed E-state index contributed by atoms with van der Waals surface area (Å²) >= 11 is 0. The normalized spacial score (nSPS) is 8.00. The summed E-state index contributed by atoms with van der Waals surface area (Å²) in [4.78, 5) is 24.6. The number of rotatable bonds is 3. The molecule has 0 unspecified atom stereocenters. The Bertz CT molecular complexity index is 104. The standard InChI is InChI=1S/CHNO7/c3-1(4)7-9-8-2(5)6/h(H,3,4). The van der Waals surface area contributed by atoms with Gasteiger partial charge in [0.15, 0.2) is 0 Å². The zero-order valence-electron chi connectivity index (χ0n) is 3.84. The van der Waals surface area contributed by atoms with E-state index >= 15 is 0 Å². The van der Waals surface area contributed by atoms with Crippen molar-refractivity contribution >= 4 is 6.16 Å². The zero-order chi connectivity index (χ0) is 7.28. The Balaban J connectivity index is 3.10. The maximum atomic E-state index is 9.33. The quantitative estimate of drug-likeness (QED) is 0.325. The Morgan fingerprint density at radius 3 is 2.56 bits per heavy atom. The minimum atomic E-state index is -1.84. The second-order valence-corrected chi connectivity index (χ2v) is 0.715. The van der Waals surface area contributed by atoms with Gasteiger partial charge >= 0.3 is 11.2 Å². The summed E-state index contributed by atoms with van der Waals surface area (Å²) in [6.07, 6.45) is -1.84. The van der Waals surface area contributed by atoms with Crippen molar-refractivity contribution in [3.8, 4) is 0 Å². The van der Waals surface area contributed by atoms with Crippen LogP contribution in [0.3, 0.4) is 0 Å². The first-order chi connectivity index (χ1) is 4.13. The molecule has 9 heavy (non-hydrogen) atoms. The summed E-state index contributed by atoms with van der Waals surface area (Å²) in [7, 11) is 0. The largest absolute Gasteiger partial charge is 0.539 e. The minimum Gasteiger partial charge on any atom is -0.448 e. The first kappa shape index (κ1) is 7.43. The molecule has 0 heterocycles. The molecular weight excluding hydrogens is 138 g/mol. The van der Waals surface area contributed by atoms with E-state index in [1.807, 2.05) is 0 Å². The maximum Gasteiger partial charge on any atom is 0.539 e.